The minimum Gasteiger partial charge on any atom is -0.481 e. The topological polar surface area (TPSA) is 577 Å². The average Bonchev–Trinajstić information content (AvgIpc) is 1.26. The molecule has 9 amide bonds. The van der Waals surface area contributed by atoms with E-state index in [-0.39, 0.29) is 86.8 Å². The Morgan fingerprint density at radius 1 is 0.595 bits per heavy atom. The minimum atomic E-state index is -2.07. The quantitative estimate of drug-likeness (QED) is 0.0147. The smallest absolute Gasteiger partial charge is 0.331 e. The Bertz CT molecular complexity index is 3880. The Balaban J connectivity index is 1.23. The zero-order chi connectivity index (χ0) is 82.2. The van der Waals surface area contributed by atoms with Gasteiger partial charge in [0.1, 0.15) is 66.4 Å². The van der Waals surface area contributed by atoms with Crippen molar-refractivity contribution in [3.05, 3.63) is 128 Å². The fourth-order valence-electron chi connectivity index (χ4n) is 11.9. The zero-order valence-electron chi connectivity index (χ0n) is 61.7. The third-order valence-corrected chi connectivity index (χ3v) is 19.9. The SMILES string of the molecule is Cc1c(-c2cccc(CCC(=O)NCCCCCCCC(=O)N[C@H](CCC(=O)NC[C@H](O)[C@@H](O)[C@H](O)[C@H](O)CO)C(=O)N[C@H](CCC(=O)O)C(=O)N[C@H](CCC(=O)NC[C@H](O)[C@@H](O)[C@H](O)[C@H](O)CO)C(=O)N[C@@H](C)CSC3CC(=O)N(CCN)C3=O)c2)c(=O)n(C[C@@H](N)c2ccccc2)c(=O)n1Cc1c(F)cccc1F. The molecule has 5 rings (SSSR count). The molecular formula is C73H104F2N12O23S. The number of carboxylic acid groups (broad SMARTS) is 1. The minimum absolute atomic E-state index is 0.00948. The van der Waals surface area contributed by atoms with Crippen molar-refractivity contribution in [2.45, 2.75) is 208 Å². The number of carbonyl (C=O) groups is 10. The first-order valence-corrected chi connectivity index (χ1v) is 37.5. The number of hydrogen-bond acceptors (Lipinski definition) is 25. The van der Waals surface area contributed by atoms with Crippen molar-refractivity contribution in [3.63, 3.8) is 0 Å². The Labute approximate surface area is 641 Å². The van der Waals surface area contributed by atoms with Gasteiger partial charge in [-0.25, -0.2) is 13.6 Å². The molecular weight excluding hydrogens is 1480 g/mol. The van der Waals surface area contributed by atoms with Gasteiger partial charge < -0.3 is 105 Å². The van der Waals surface area contributed by atoms with Gasteiger partial charge in [-0.05, 0) is 81.2 Å². The largest absolute Gasteiger partial charge is 0.481 e. The molecule has 614 valence electrons. The van der Waals surface area contributed by atoms with Gasteiger partial charge in [-0.2, -0.15) is 0 Å². The molecule has 1 aromatic heterocycles. The van der Waals surface area contributed by atoms with Crippen LogP contribution >= 0.6 is 11.8 Å². The third-order valence-electron chi connectivity index (χ3n) is 18.5. The number of imide groups is 1. The summed E-state index contributed by atoms with van der Waals surface area (Å²) in [5.74, 6) is -10.3. The monoisotopic (exact) mass is 1590 g/mol. The number of aromatic nitrogens is 2. The van der Waals surface area contributed by atoms with E-state index >= 15 is 8.78 Å². The Morgan fingerprint density at radius 3 is 1.67 bits per heavy atom. The third kappa shape index (κ3) is 29.2. The van der Waals surface area contributed by atoms with Crippen molar-refractivity contribution < 1.29 is 113 Å². The van der Waals surface area contributed by atoms with Gasteiger partial charge in [0.25, 0.3) is 5.56 Å². The first-order chi connectivity index (χ1) is 52.7. The maximum Gasteiger partial charge on any atom is 0.331 e. The highest BCUT2D eigenvalue weighted by Gasteiger charge is 2.40. The molecule has 1 fully saturated rings. The summed E-state index contributed by atoms with van der Waals surface area (Å²) >= 11 is 1.04. The molecule has 3 aromatic carbocycles. The van der Waals surface area contributed by atoms with Crippen LogP contribution in [-0.2, 0) is 67.5 Å². The number of amides is 9. The molecule has 35 nitrogen and oxygen atoms in total. The second-order valence-electron chi connectivity index (χ2n) is 27.1. The Hall–Kier alpha value is -9.03. The lowest BCUT2D eigenvalue weighted by Gasteiger charge is -2.27. The zero-order valence-corrected chi connectivity index (χ0v) is 62.5. The summed E-state index contributed by atoms with van der Waals surface area (Å²) in [5, 5.41) is 125. The highest BCUT2D eigenvalue weighted by atomic mass is 32.2. The van der Waals surface area contributed by atoms with Crippen LogP contribution in [0.25, 0.3) is 11.1 Å². The van der Waals surface area contributed by atoms with Crippen LogP contribution in [0.15, 0.2) is 82.4 Å². The van der Waals surface area contributed by atoms with Gasteiger partial charge in [0.15, 0.2) is 0 Å². The maximum absolute atomic E-state index is 15.0. The number of carboxylic acids is 1. The van der Waals surface area contributed by atoms with Crippen molar-refractivity contribution >= 4 is 70.9 Å². The highest BCUT2D eigenvalue weighted by molar-refractivity contribution is 8.00. The lowest BCUT2D eigenvalue weighted by atomic mass is 10.00. The molecule has 38 heteroatoms. The molecule has 4 aromatic rings. The number of nitrogens with zero attached hydrogens (tertiary/aromatic N) is 3. The highest BCUT2D eigenvalue weighted by Crippen LogP contribution is 2.27. The number of aliphatic carboxylic acids is 1. The van der Waals surface area contributed by atoms with E-state index in [1.54, 1.807) is 54.6 Å². The number of thioether (sulfide) groups is 1. The Kier molecular flexibility index (Phi) is 39.0. The number of aryl methyl sites for hydroxylation is 1. The van der Waals surface area contributed by atoms with Gasteiger partial charge in [0.05, 0.1) is 49.3 Å². The molecule has 22 N–H and O–H groups in total. The number of carbonyl (C=O) groups excluding carboxylic acids is 9. The van der Waals surface area contributed by atoms with Crippen molar-refractivity contribution in [2.75, 3.05) is 51.7 Å². The van der Waals surface area contributed by atoms with Crippen molar-refractivity contribution in [1.82, 2.24) is 51.3 Å². The number of hydrogen-bond donors (Lipinski definition) is 20. The fourth-order valence-corrected chi connectivity index (χ4v) is 13.1. The normalized spacial score (nSPS) is 16.5. The van der Waals surface area contributed by atoms with Crippen LogP contribution in [0.3, 0.4) is 0 Å². The molecule has 1 saturated heterocycles. The van der Waals surface area contributed by atoms with Gasteiger partial charge in [-0.3, -0.25) is 66.8 Å². The number of aliphatic hydroxyl groups is 10. The second kappa shape index (κ2) is 46.7. The molecule has 2 heterocycles. The van der Waals surface area contributed by atoms with Crippen LogP contribution < -0.4 is 59.9 Å². The first-order valence-electron chi connectivity index (χ1n) is 36.4. The lowest BCUT2D eigenvalue weighted by molar-refractivity contribution is -0.139. The maximum atomic E-state index is 15.0. The van der Waals surface area contributed by atoms with E-state index in [2.05, 4.69) is 37.2 Å². The van der Waals surface area contributed by atoms with Crippen molar-refractivity contribution in [3.8, 4) is 11.1 Å². The summed E-state index contributed by atoms with van der Waals surface area (Å²) in [7, 11) is 0. The summed E-state index contributed by atoms with van der Waals surface area (Å²) in [6.07, 6.45) is -17.2. The van der Waals surface area contributed by atoms with E-state index in [1.165, 1.54) is 19.9 Å². The average molecular weight is 1590 g/mol. The van der Waals surface area contributed by atoms with Crippen molar-refractivity contribution in [2.24, 2.45) is 11.5 Å². The van der Waals surface area contributed by atoms with E-state index in [9.17, 15) is 103 Å². The van der Waals surface area contributed by atoms with Gasteiger partial charge in [-0.1, -0.05) is 79.9 Å². The predicted molar refractivity (Wildman–Crippen MR) is 397 cm³/mol. The first kappa shape index (κ1) is 92.6. The van der Waals surface area contributed by atoms with Gasteiger partial charge in [0, 0.05) is 100 Å². The Morgan fingerprint density at radius 2 is 1.11 bits per heavy atom. The van der Waals surface area contributed by atoms with Crippen LogP contribution in [0.2, 0.25) is 0 Å². The molecule has 14 atom stereocenters. The number of nitrogens with one attached hydrogen (secondary N) is 7. The molecule has 0 bridgehead atoms. The van der Waals surface area contributed by atoms with E-state index in [1.807, 2.05) is 0 Å². The standard InChI is InChI=1S/C73H104F2N12O23S/c1-40(39-111-56-32-61(98)85(30-28-76)71(56)108)81-68(105)50(22-26-59(96)80-34-53(91)65(102)67(104)55(93)38-89)83-70(107)51(23-27-62(99)100)84-69(106)49(21-25-58(95)79-33-52(90)64(101)66(103)54(92)37-88)82-60(97)19-9-4-3-5-10-29-78-57(94)24-20-42-13-11-16-44(31-42)63-41(2)86(35-45-46(74)17-12-18-47(45)75)73(110)87(72(63)109)36-48(77)43-14-7-6-8-15-43/h6-8,11-18,31,40,48-56,64-67,88-93,101-104H,3-5,9-10,19-30,32-39,76-77H2,1-2H3,(H,78,94)(H,79,95)(H,80,96)(H,81,105)(H,82,97)(H,83,107)(H,84,106)(H,99,100)/t40-,48+,49+,50+,51+,52-,53-,54+,55+,56?,64+,65+,66+,67+/m0/s1. The van der Waals surface area contributed by atoms with Crippen LogP contribution in [0.5, 0.6) is 0 Å². The van der Waals surface area contributed by atoms with Crippen molar-refractivity contribution in [1.29, 1.82) is 0 Å². The number of likely N-dealkylation sites (tertiary alicyclic amines) is 1. The molecule has 1 aliphatic heterocycles. The van der Waals surface area contributed by atoms with Crippen LogP contribution in [0.4, 0.5) is 8.78 Å². The summed E-state index contributed by atoms with van der Waals surface area (Å²) < 4.78 is 32.2. The number of nitrogens with two attached hydrogens (primary N) is 2. The summed E-state index contributed by atoms with van der Waals surface area (Å²) in [6.45, 7) is -0.932. The number of aliphatic hydroxyl groups excluding tert-OH is 10. The summed E-state index contributed by atoms with van der Waals surface area (Å²) in [6, 6.07) is 12.0. The van der Waals surface area contributed by atoms with E-state index < -0.39 is 232 Å². The molecule has 111 heavy (non-hydrogen) atoms. The molecule has 0 aliphatic carbocycles. The second-order valence-corrected chi connectivity index (χ2v) is 28.3. The lowest BCUT2D eigenvalue weighted by Crippen LogP contribution is -2.57. The van der Waals surface area contributed by atoms with Crippen LogP contribution in [0.1, 0.15) is 125 Å². The van der Waals surface area contributed by atoms with E-state index in [0.29, 0.717) is 42.4 Å². The summed E-state index contributed by atoms with van der Waals surface area (Å²) in [5.41, 5.74) is 12.1. The van der Waals surface area contributed by atoms with E-state index in [4.69, 9.17) is 21.7 Å². The number of benzene rings is 3. The number of unbranched alkanes of at least 4 members (excludes halogenated alkanes) is 4. The number of halogens is 2. The van der Waals surface area contributed by atoms with Gasteiger partial charge in [0.2, 0.25) is 53.2 Å². The summed E-state index contributed by atoms with van der Waals surface area (Å²) in [4.78, 5) is 163. The molecule has 1 unspecified atom stereocenters. The van der Waals surface area contributed by atoms with Gasteiger partial charge >= 0.3 is 11.7 Å². The molecule has 0 spiro atoms. The molecule has 0 radical (unpaired) electrons. The van der Waals surface area contributed by atoms with Crippen LogP contribution in [-0.4, -0.2) is 259 Å². The molecule has 1 aliphatic rings. The number of rotatable bonds is 50. The fraction of sp³-hybridized carbons (Fsp3) is 0.562. The van der Waals surface area contributed by atoms with Gasteiger partial charge in [-0.15, -0.1) is 11.8 Å². The van der Waals surface area contributed by atoms with E-state index in [0.717, 1.165) is 37.9 Å². The molecule has 0 saturated carbocycles. The predicted octanol–water partition coefficient (Wildman–Crippen LogP) is -4.29. The van der Waals surface area contributed by atoms with Crippen LogP contribution in [0, 0.1) is 18.6 Å².